The summed E-state index contributed by atoms with van der Waals surface area (Å²) in [4.78, 5) is 22.0. The molecule has 166 valence electrons. The topological polar surface area (TPSA) is 121 Å². The smallest absolute Gasteiger partial charge is 0.307 e. The Bertz CT molecular complexity index is 1150. The van der Waals surface area contributed by atoms with Gasteiger partial charge in [-0.1, -0.05) is 23.7 Å². The van der Waals surface area contributed by atoms with Gasteiger partial charge < -0.3 is 9.47 Å². The molecule has 1 amide bonds. The lowest BCUT2D eigenvalue weighted by Gasteiger charge is -2.13. The fraction of sp³-hybridized carbons (Fsp3) is 0.150. The van der Waals surface area contributed by atoms with Crippen molar-refractivity contribution in [3.8, 4) is 11.5 Å². The van der Waals surface area contributed by atoms with Gasteiger partial charge in [-0.25, -0.2) is 5.43 Å². The first kappa shape index (κ1) is 23.2. The summed E-state index contributed by atoms with van der Waals surface area (Å²) in [7, 11) is 1.52. The number of hydrogen-bond acceptors (Lipinski definition) is 7. The molecule has 0 bridgehead atoms. The van der Waals surface area contributed by atoms with Gasteiger partial charge in [0, 0.05) is 5.02 Å². The highest BCUT2D eigenvalue weighted by molar-refractivity contribution is 9.10. The van der Waals surface area contributed by atoms with Crippen molar-refractivity contribution in [2.24, 2.45) is 5.10 Å². The molecule has 0 saturated carbocycles. The summed E-state index contributed by atoms with van der Waals surface area (Å²) in [5.74, 6) is 0.502. The number of amides is 1. The first-order valence-electron chi connectivity index (χ1n) is 9.09. The molecular weight excluding hydrogens is 506 g/mol. The highest BCUT2D eigenvalue weighted by atomic mass is 79.9. The average molecular weight is 523 g/mol. The van der Waals surface area contributed by atoms with Gasteiger partial charge in [0.1, 0.15) is 25.5 Å². The number of hydrazone groups is 1. The molecule has 2 aromatic carbocycles. The van der Waals surface area contributed by atoms with Crippen LogP contribution in [-0.2, 0) is 17.9 Å². The zero-order valence-electron chi connectivity index (χ0n) is 16.7. The van der Waals surface area contributed by atoms with E-state index in [-0.39, 0.29) is 12.2 Å². The number of nitrogens with zero attached hydrogens (tertiary/aromatic N) is 4. The Morgan fingerprint density at radius 3 is 2.78 bits per heavy atom. The van der Waals surface area contributed by atoms with Gasteiger partial charge in [-0.15, -0.1) is 0 Å². The highest BCUT2D eigenvalue weighted by Gasteiger charge is 2.13. The molecule has 1 N–H and O–H groups in total. The Labute approximate surface area is 196 Å². The van der Waals surface area contributed by atoms with Crippen molar-refractivity contribution in [3.63, 3.8) is 0 Å². The number of rotatable bonds is 9. The molecule has 0 aliphatic rings. The van der Waals surface area contributed by atoms with Crippen molar-refractivity contribution in [2.75, 3.05) is 7.11 Å². The molecule has 10 nitrogen and oxygen atoms in total. The van der Waals surface area contributed by atoms with Crippen LogP contribution in [0.15, 0.2) is 58.4 Å². The van der Waals surface area contributed by atoms with Crippen molar-refractivity contribution in [1.82, 2.24) is 15.2 Å². The summed E-state index contributed by atoms with van der Waals surface area (Å²) < 4.78 is 13.1. The third-order valence-electron chi connectivity index (χ3n) is 4.09. The van der Waals surface area contributed by atoms with Crippen LogP contribution in [0.4, 0.5) is 5.69 Å². The minimum absolute atomic E-state index is 0.198. The Morgan fingerprint density at radius 2 is 2.12 bits per heavy atom. The summed E-state index contributed by atoms with van der Waals surface area (Å²) in [6.45, 7) is 0.108. The highest BCUT2D eigenvalue weighted by Crippen LogP contribution is 2.36. The van der Waals surface area contributed by atoms with Crippen molar-refractivity contribution in [2.45, 2.75) is 13.2 Å². The van der Waals surface area contributed by atoms with Gasteiger partial charge in [0.25, 0.3) is 5.91 Å². The zero-order valence-corrected chi connectivity index (χ0v) is 19.0. The molecule has 0 aliphatic carbocycles. The molecule has 0 saturated heterocycles. The summed E-state index contributed by atoms with van der Waals surface area (Å²) in [5, 5.41) is 19.0. The van der Waals surface area contributed by atoms with Crippen LogP contribution < -0.4 is 14.9 Å². The Kier molecular flexibility index (Phi) is 7.79. The Hall–Kier alpha value is -3.44. The first-order valence-corrected chi connectivity index (χ1v) is 10.3. The van der Waals surface area contributed by atoms with Crippen LogP contribution in [-0.4, -0.2) is 33.9 Å². The van der Waals surface area contributed by atoms with E-state index in [2.05, 4.69) is 31.6 Å². The summed E-state index contributed by atoms with van der Waals surface area (Å²) in [6, 6.07) is 10.8. The number of benzene rings is 2. The van der Waals surface area contributed by atoms with Crippen LogP contribution in [0.1, 0.15) is 11.1 Å². The van der Waals surface area contributed by atoms with Crippen molar-refractivity contribution in [3.05, 3.63) is 79.5 Å². The number of carbonyl (C=O) groups is 1. The standard InChI is InChI=1S/C20H17BrClN5O5/c1-31-18-7-14(6-17(21)20(18)32-12-13-2-4-15(22)5-3-13)8-23-25-19(28)11-26-10-16(9-24-26)27(29)30/h2-10H,11-12H2,1H3,(H,25,28)/b23-8+. The van der Waals surface area contributed by atoms with E-state index in [4.69, 9.17) is 21.1 Å². The van der Waals surface area contributed by atoms with Gasteiger partial charge in [0.2, 0.25) is 0 Å². The third-order valence-corrected chi connectivity index (χ3v) is 4.93. The van der Waals surface area contributed by atoms with Gasteiger partial charge in [-0.3, -0.25) is 19.6 Å². The number of hydrogen-bond donors (Lipinski definition) is 1. The van der Waals surface area contributed by atoms with E-state index in [0.717, 1.165) is 22.6 Å². The molecule has 3 rings (SSSR count). The van der Waals surface area contributed by atoms with Gasteiger partial charge in [-0.2, -0.15) is 10.2 Å². The van der Waals surface area contributed by atoms with E-state index in [1.807, 2.05) is 12.1 Å². The average Bonchev–Trinajstić information content (AvgIpc) is 3.22. The summed E-state index contributed by atoms with van der Waals surface area (Å²) in [6.07, 6.45) is 3.66. The van der Waals surface area contributed by atoms with Gasteiger partial charge in [0.05, 0.1) is 22.7 Å². The SMILES string of the molecule is COc1cc(/C=N/NC(=O)Cn2cc([N+](=O)[O-])cn2)cc(Br)c1OCc1ccc(Cl)cc1. The molecule has 1 heterocycles. The van der Waals surface area contributed by atoms with E-state index >= 15 is 0 Å². The molecule has 12 heteroatoms. The second-order valence-corrected chi connectivity index (χ2v) is 7.69. The van der Waals surface area contributed by atoms with E-state index in [0.29, 0.717) is 33.2 Å². The number of carbonyl (C=O) groups excluding carboxylic acids is 1. The van der Waals surface area contributed by atoms with Gasteiger partial charge >= 0.3 is 5.69 Å². The second kappa shape index (κ2) is 10.7. The second-order valence-electron chi connectivity index (χ2n) is 6.40. The maximum Gasteiger partial charge on any atom is 0.307 e. The van der Waals surface area contributed by atoms with Crippen LogP contribution in [0.2, 0.25) is 5.02 Å². The summed E-state index contributed by atoms with van der Waals surface area (Å²) >= 11 is 9.36. The lowest BCUT2D eigenvalue weighted by Crippen LogP contribution is -2.23. The minimum Gasteiger partial charge on any atom is -0.493 e. The molecule has 1 aromatic heterocycles. The molecule has 0 radical (unpaired) electrons. The van der Waals surface area contributed by atoms with Crippen molar-refractivity contribution < 1.29 is 19.2 Å². The molecule has 0 atom stereocenters. The number of aromatic nitrogens is 2. The quantitative estimate of drug-likeness (QED) is 0.258. The molecule has 3 aromatic rings. The lowest BCUT2D eigenvalue weighted by molar-refractivity contribution is -0.385. The van der Waals surface area contributed by atoms with Crippen LogP contribution in [0.5, 0.6) is 11.5 Å². The number of methoxy groups -OCH3 is 1. The first-order chi connectivity index (χ1) is 15.4. The number of nitrogens with one attached hydrogen (secondary N) is 1. The van der Waals surface area contributed by atoms with Gasteiger partial charge in [-0.05, 0) is 51.3 Å². The maximum atomic E-state index is 11.9. The van der Waals surface area contributed by atoms with Crippen molar-refractivity contribution in [1.29, 1.82) is 0 Å². The van der Waals surface area contributed by atoms with Crippen LogP contribution >= 0.6 is 27.5 Å². The number of ether oxygens (including phenoxy) is 2. The lowest BCUT2D eigenvalue weighted by atomic mass is 10.2. The Morgan fingerprint density at radius 1 is 1.38 bits per heavy atom. The molecule has 0 spiro atoms. The van der Waals surface area contributed by atoms with E-state index in [1.165, 1.54) is 13.3 Å². The Balaban J connectivity index is 1.61. The maximum absolute atomic E-state index is 11.9. The molecule has 0 fully saturated rings. The molecule has 32 heavy (non-hydrogen) atoms. The van der Waals surface area contributed by atoms with Crippen LogP contribution in [0, 0.1) is 10.1 Å². The number of nitro groups is 1. The van der Waals surface area contributed by atoms with Crippen LogP contribution in [0.3, 0.4) is 0 Å². The van der Waals surface area contributed by atoms with Crippen molar-refractivity contribution >= 4 is 45.3 Å². The zero-order chi connectivity index (χ0) is 23.1. The van der Waals surface area contributed by atoms with E-state index in [9.17, 15) is 14.9 Å². The fourth-order valence-corrected chi connectivity index (χ4v) is 3.29. The predicted octanol–water partition coefficient (Wildman–Crippen LogP) is 3.95. The molecular formula is C20H17BrClN5O5. The monoisotopic (exact) mass is 521 g/mol. The molecule has 0 aliphatic heterocycles. The summed E-state index contributed by atoms with van der Waals surface area (Å²) in [5.41, 5.74) is 3.73. The van der Waals surface area contributed by atoms with E-state index < -0.39 is 10.8 Å². The third kappa shape index (κ3) is 6.28. The van der Waals surface area contributed by atoms with Crippen LogP contribution in [0.25, 0.3) is 0 Å². The molecule has 0 unspecified atom stereocenters. The fourth-order valence-electron chi connectivity index (χ4n) is 2.59. The largest absolute Gasteiger partial charge is 0.493 e. The minimum atomic E-state index is -0.590. The number of halogens is 2. The van der Waals surface area contributed by atoms with E-state index in [1.54, 1.807) is 24.3 Å². The normalized spacial score (nSPS) is 10.8. The van der Waals surface area contributed by atoms with Gasteiger partial charge in [0.15, 0.2) is 11.5 Å². The predicted molar refractivity (Wildman–Crippen MR) is 121 cm³/mol.